The number of rotatable bonds is 7. The van der Waals surface area contributed by atoms with E-state index in [9.17, 15) is 5.11 Å². The first-order valence-corrected chi connectivity index (χ1v) is 9.80. The first-order valence-electron chi connectivity index (χ1n) is 9.80. The van der Waals surface area contributed by atoms with Gasteiger partial charge in [-0.3, -0.25) is 5.73 Å². The van der Waals surface area contributed by atoms with Crippen LogP contribution in [0.15, 0.2) is 78.9 Å². The number of fused-ring (bicyclic) bond motifs is 1. The first kappa shape index (κ1) is 19.0. The molecule has 4 rings (SSSR count). The van der Waals surface area contributed by atoms with Crippen LogP contribution in [-0.4, -0.2) is 22.4 Å². The van der Waals surface area contributed by atoms with Crippen LogP contribution in [0, 0.1) is 6.92 Å². The fraction of sp³-hybridized carbons (Fsp3) is 0.208. The van der Waals surface area contributed by atoms with Crippen LogP contribution in [0.2, 0.25) is 0 Å². The van der Waals surface area contributed by atoms with Gasteiger partial charge in [0.15, 0.2) is 0 Å². The van der Waals surface area contributed by atoms with Crippen LogP contribution in [0.4, 0.5) is 5.95 Å². The molecular formula is C24H26N3O2+. The molecule has 148 valence electrons. The molecule has 0 saturated carbocycles. The number of aryl methyl sites for hydroxylation is 1. The van der Waals surface area contributed by atoms with Gasteiger partial charge in [0.05, 0.1) is 6.54 Å². The molecule has 0 fully saturated rings. The molecule has 4 aromatic rings. The molecule has 0 bridgehead atoms. The molecular weight excluding hydrogens is 362 g/mol. The second-order valence-corrected chi connectivity index (χ2v) is 7.31. The van der Waals surface area contributed by atoms with Crippen molar-refractivity contribution in [2.75, 3.05) is 12.3 Å². The number of para-hydroxylation sites is 2. The van der Waals surface area contributed by atoms with E-state index in [0.29, 0.717) is 19.0 Å². The number of nitrogens with zero attached hydrogens (tertiary/aromatic N) is 2. The van der Waals surface area contributed by atoms with Gasteiger partial charge in [0.1, 0.15) is 36.0 Å². The molecule has 0 amide bonds. The molecule has 29 heavy (non-hydrogen) atoms. The molecule has 0 radical (unpaired) electrons. The monoisotopic (exact) mass is 388 g/mol. The number of anilines is 1. The highest BCUT2D eigenvalue weighted by molar-refractivity contribution is 5.74. The molecule has 1 unspecified atom stereocenters. The van der Waals surface area contributed by atoms with Gasteiger partial charge in [-0.15, -0.1) is 0 Å². The largest absolute Gasteiger partial charge is 0.491 e. The van der Waals surface area contributed by atoms with E-state index in [1.54, 1.807) is 0 Å². The Balaban J connectivity index is 1.55. The third-order valence-corrected chi connectivity index (χ3v) is 5.06. The van der Waals surface area contributed by atoms with E-state index in [0.717, 1.165) is 16.8 Å². The zero-order valence-electron chi connectivity index (χ0n) is 16.5. The van der Waals surface area contributed by atoms with Gasteiger partial charge in [-0.2, -0.15) is 0 Å². The van der Waals surface area contributed by atoms with Gasteiger partial charge in [-0.1, -0.05) is 60.2 Å². The molecule has 0 saturated heterocycles. The topological polar surface area (TPSA) is 64.3 Å². The number of aromatic nitrogens is 2. The van der Waals surface area contributed by atoms with E-state index in [2.05, 4.69) is 22.8 Å². The second kappa shape index (κ2) is 8.37. The number of nitrogens with two attached hydrogens (primary N) is 1. The van der Waals surface area contributed by atoms with Crippen LogP contribution in [0.1, 0.15) is 11.1 Å². The number of benzene rings is 3. The van der Waals surface area contributed by atoms with Crippen molar-refractivity contribution in [3.63, 3.8) is 0 Å². The van der Waals surface area contributed by atoms with Gasteiger partial charge < -0.3 is 9.84 Å². The fourth-order valence-electron chi connectivity index (χ4n) is 3.53. The summed E-state index contributed by atoms with van der Waals surface area (Å²) in [6.45, 7) is 3.27. The summed E-state index contributed by atoms with van der Waals surface area (Å²) >= 11 is 0. The first-order chi connectivity index (χ1) is 14.1. The van der Waals surface area contributed by atoms with Crippen LogP contribution in [0.3, 0.4) is 0 Å². The molecule has 1 atom stereocenters. The van der Waals surface area contributed by atoms with Crippen molar-refractivity contribution >= 4 is 17.0 Å². The van der Waals surface area contributed by atoms with Gasteiger partial charge in [0.2, 0.25) is 0 Å². The Morgan fingerprint density at radius 3 is 2.41 bits per heavy atom. The summed E-state index contributed by atoms with van der Waals surface area (Å²) in [5.41, 5.74) is 10.9. The number of hydrogen-bond donors (Lipinski definition) is 2. The normalized spacial score (nSPS) is 12.2. The van der Waals surface area contributed by atoms with Gasteiger partial charge in [0.25, 0.3) is 0 Å². The minimum absolute atomic E-state index is 0.202. The average Bonchev–Trinajstić information content (AvgIpc) is 3.00. The Hall–Kier alpha value is -3.31. The molecule has 5 heteroatoms. The van der Waals surface area contributed by atoms with Crippen molar-refractivity contribution in [1.29, 1.82) is 0 Å². The SMILES string of the molecule is Cc1ccc(OCC(O)Cn2c(N)[n+](Cc3ccccc3)c3ccccc32)cc1. The van der Waals surface area contributed by atoms with E-state index in [1.807, 2.05) is 72.2 Å². The number of aliphatic hydroxyl groups excluding tert-OH is 1. The molecule has 3 aromatic carbocycles. The number of hydrogen-bond acceptors (Lipinski definition) is 3. The minimum atomic E-state index is -0.681. The summed E-state index contributed by atoms with van der Waals surface area (Å²) in [6.07, 6.45) is -0.681. The van der Waals surface area contributed by atoms with E-state index in [4.69, 9.17) is 10.5 Å². The Kier molecular flexibility index (Phi) is 5.49. The van der Waals surface area contributed by atoms with Gasteiger partial charge in [-0.25, -0.2) is 9.13 Å². The average molecular weight is 388 g/mol. The minimum Gasteiger partial charge on any atom is -0.491 e. The van der Waals surface area contributed by atoms with Crippen LogP contribution in [0.5, 0.6) is 5.75 Å². The molecule has 0 aliphatic carbocycles. The molecule has 5 nitrogen and oxygen atoms in total. The summed E-state index contributed by atoms with van der Waals surface area (Å²) in [5, 5.41) is 10.6. The molecule has 0 spiro atoms. The Morgan fingerprint density at radius 1 is 0.966 bits per heavy atom. The van der Waals surface area contributed by atoms with Gasteiger partial charge in [0, 0.05) is 0 Å². The van der Waals surface area contributed by atoms with E-state index < -0.39 is 6.10 Å². The van der Waals surface area contributed by atoms with E-state index >= 15 is 0 Å². The second-order valence-electron chi connectivity index (χ2n) is 7.31. The summed E-state index contributed by atoms with van der Waals surface area (Å²) in [7, 11) is 0. The number of ether oxygens (including phenoxy) is 1. The number of imidazole rings is 1. The lowest BCUT2D eigenvalue weighted by atomic mass is 10.2. The predicted molar refractivity (Wildman–Crippen MR) is 115 cm³/mol. The number of aliphatic hydroxyl groups is 1. The van der Waals surface area contributed by atoms with Crippen molar-refractivity contribution in [3.05, 3.63) is 90.0 Å². The summed E-state index contributed by atoms with van der Waals surface area (Å²) < 4.78 is 9.78. The van der Waals surface area contributed by atoms with Crippen LogP contribution in [-0.2, 0) is 13.1 Å². The third kappa shape index (κ3) is 4.25. The lowest BCUT2D eigenvalue weighted by Gasteiger charge is -2.12. The zero-order valence-corrected chi connectivity index (χ0v) is 16.5. The van der Waals surface area contributed by atoms with Crippen molar-refractivity contribution in [1.82, 2.24) is 4.57 Å². The van der Waals surface area contributed by atoms with Gasteiger partial charge >= 0.3 is 5.95 Å². The van der Waals surface area contributed by atoms with Crippen LogP contribution < -0.4 is 15.0 Å². The molecule has 3 N–H and O–H groups in total. The highest BCUT2D eigenvalue weighted by Gasteiger charge is 2.23. The lowest BCUT2D eigenvalue weighted by Crippen LogP contribution is -2.37. The smallest absolute Gasteiger partial charge is 0.356 e. The quantitative estimate of drug-likeness (QED) is 0.478. The Labute approximate surface area is 170 Å². The Bertz CT molecular complexity index is 1090. The third-order valence-electron chi connectivity index (χ3n) is 5.06. The van der Waals surface area contributed by atoms with Crippen molar-refractivity contribution in [3.8, 4) is 5.75 Å². The summed E-state index contributed by atoms with van der Waals surface area (Å²) in [4.78, 5) is 0. The Morgan fingerprint density at radius 2 is 1.66 bits per heavy atom. The van der Waals surface area contributed by atoms with Crippen LogP contribution in [0.25, 0.3) is 11.0 Å². The lowest BCUT2D eigenvalue weighted by molar-refractivity contribution is -0.648. The van der Waals surface area contributed by atoms with Crippen molar-refractivity contribution in [2.45, 2.75) is 26.1 Å². The zero-order chi connectivity index (χ0) is 20.2. The van der Waals surface area contributed by atoms with E-state index in [1.165, 1.54) is 11.1 Å². The van der Waals surface area contributed by atoms with Crippen molar-refractivity contribution < 1.29 is 14.4 Å². The highest BCUT2D eigenvalue weighted by atomic mass is 16.5. The predicted octanol–water partition coefficient (Wildman–Crippen LogP) is 3.31. The molecule has 1 heterocycles. The maximum absolute atomic E-state index is 10.6. The maximum Gasteiger partial charge on any atom is 0.356 e. The standard InChI is InChI=1S/C24H25N3O2/c1-18-11-13-21(14-12-18)29-17-20(28)16-27-23-10-6-5-9-22(23)26(24(27)25)15-19-7-3-2-4-8-19/h2-14,20,25,28H,15-17H2,1H3/p+1. The highest BCUT2D eigenvalue weighted by Crippen LogP contribution is 2.18. The van der Waals surface area contributed by atoms with Crippen LogP contribution >= 0.6 is 0 Å². The number of nitrogen functional groups attached to an aromatic ring is 1. The van der Waals surface area contributed by atoms with Gasteiger partial charge in [-0.05, 0) is 36.8 Å². The maximum atomic E-state index is 10.6. The molecule has 0 aliphatic heterocycles. The molecule has 0 aliphatic rings. The fourth-order valence-corrected chi connectivity index (χ4v) is 3.53. The summed E-state index contributed by atoms with van der Waals surface area (Å²) in [5.74, 6) is 1.36. The molecule has 1 aromatic heterocycles. The summed E-state index contributed by atoms with van der Waals surface area (Å²) in [6, 6.07) is 26.1. The van der Waals surface area contributed by atoms with E-state index in [-0.39, 0.29) is 6.61 Å². The van der Waals surface area contributed by atoms with Crippen molar-refractivity contribution in [2.24, 2.45) is 0 Å².